The molecule has 31 heteroatoms. The zero-order valence-electron chi connectivity index (χ0n) is 38.8. The zero-order valence-corrected chi connectivity index (χ0v) is 50.1. The monoisotopic (exact) mass is 1080 g/mol. The summed E-state index contributed by atoms with van der Waals surface area (Å²) in [6, 6.07) is 10.1. The summed E-state index contributed by atoms with van der Waals surface area (Å²) in [4.78, 5) is 12.1. The number of hydrogen-bond acceptors (Lipinski definition) is 23. The third kappa shape index (κ3) is 15.7. The predicted molar refractivity (Wildman–Crippen MR) is 231 cm³/mol. The van der Waals surface area contributed by atoms with Crippen molar-refractivity contribution < 1.29 is 175 Å². The van der Waals surface area contributed by atoms with Crippen LogP contribution in [0.5, 0.6) is 0 Å². The fourth-order valence-electron chi connectivity index (χ4n) is 8.00. The van der Waals surface area contributed by atoms with Crippen LogP contribution < -0.4 is 134 Å². The van der Waals surface area contributed by atoms with Crippen LogP contribution in [0, 0.1) is 12.8 Å². The number of hydrogen-bond donors (Lipinski definition) is 4. The predicted octanol–water partition coefficient (Wildman–Crippen LogP) is -7.59. The van der Waals surface area contributed by atoms with E-state index in [4.69, 9.17) is 0 Å². The third-order valence-corrected chi connectivity index (χ3v) is 14.9. The first-order valence-electron chi connectivity index (χ1n) is 20.0. The van der Waals surface area contributed by atoms with E-state index < -0.39 is 60.8 Å². The van der Waals surface area contributed by atoms with E-state index in [2.05, 4.69) is 51.4 Å². The van der Waals surface area contributed by atoms with Gasteiger partial charge in [0.25, 0.3) is 0 Å². The Bertz CT molecular complexity index is 3170. The molecule has 1 heterocycles. The van der Waals surface area contributed by atoms with E-state index in [0.29, 0.717) is 36.2 Å². The molecule has 3 aliphatic rings. The van der Waals surface area contributed by atoms with Gasteiger partial charge in [-0.3, -0.25) is 0 Å². The van der Waals surface area contributed by atoms with Crippen molar-refractivity contribution in [1.82, 2.24) is 15.0 Å². The maximum Gasteiger partial charge on any atom is 1.00 e. The molecule has 4 aromatic rings. The molecule has 0 amide bonds. The summed E-state index contributed by atoms with van der Waals surface area (Å²) >= 11 is 0. The average Bonchev–Trinajstić information content (AvgIpc) is 3.22. The fourth-order valence-corrected chi connectivity index (χ4v) is 11.2. The first-order valence-corrected chi connectivity index (χ1v) is 25.8. The number of aliphatic hydroxyl groups is 1. The molecule has 7 rings (SSSR count). The van der Waals surface area contributed by atoms with Gasteiger partial charge in [-0.25, -0.2) is 33.7 Å². The topological polar surface area (TPSA) is 373 Å². The molecule has 0 saturated heterocycles. The SMILES string of the molecule is Cc1cc(Nc2nc(NCCO)nc(NC3CCC(N=Nc4cc5c(c(S(=O)(=O)[O-])c4)CC=CC5S(=O)(=O)[O-])C(C)C3)n2)ccc1N=NC1=CC(S(=O)(=O)[O-])c2cccc(S(=O)(=O)[O-])c2C1.[Na+].[Na+].[Na+].[Na+]. The van der Waals surface area contributed by atoms with Crippen molar-refractivity contribution in [3.05, 3.63) is 100 Å². The molecular weight excluding hydrogens is 1040 g/mol. The zero-order chi connectivity index (χ0) is 47.8. The largest absolute Gasteiger partial charge is 1.00 e. The second-order valence-electron chi connectivity index (χ2n) is 15.7. The number of nitrogens with one attached hydrogen (secondary N) is 3. The normalized spacial score (nSPS) is 20.1. The third-order valence-electron chi connectivity index (χ3n) is 11.1. The van der Waals surface area contributed by atoms with Gasteiger partial charge in [0.05, 0.1) is 50.0 Å². The fraction of sp³-hybridized carbons (Fsp3) is 0.359. The molecule has 5 unspecified atom stereocenters. The van der Waals surface area contributed by atoms with Crippen LogP contribution in [0.3, 0.4) is 0 Å². The minimum atomic E-state index is -5.06. The summed E-state index contributed by atoms with van der Waals surface area (Å²) in [5.74, 6) is 0.353. The van der Waals surface area contributed by atoms with Gasteiger partial charge >= 0.3 is 118 Å². The number of benzene rings is 3. The van der Waals surface area contributed by atoms with E-state index in [1.54, 1.807) is 25.1 Å². The van der Waals surface area contributed by atoms with Gasteiger partial charge in [-0.2, -0.15) is 35.4 Å². The Morgan fingerprint density at radius 1 is 0.743 bits per heavy atom. The van der Waals surface area contributed by atoms with E-state index in [-0.39, 0.29) is 214 Å². The van der Waals surface area contributed by atoms with Gasteiger partial charge in [-0.15, -0.1) is 0 Å². The Balaban J connectivity index is 0.00000324. The number of allylic oxidation sites excluding steroid dienone is 2. The van der Waals surface area contributed by atoms with Crippen LogP contribution in [0.15, 0.2) is 103 Å². The first-order chi connectivity index (χ1) is 31.0. The van der Waals surface area contributed by atoms with Crippen LogP contribution >= 0.6 is 0 Å². The average molecular weight is 1080 g/mol. The number of fused-ring (bicyclic) bond motifs is 2. The van der Waals surface area contributed by atoms with Crippen molar-refractivity contribution in [3.8, 4) is 0 Å². The van der Waals surface area contributed by atoms with Gasteiger partial charge in [-0.1, -0.05) is 31.2 Å². The standard InChI is InChI=1S/C39H44N10O13S4.4Na/c1-21-15-23(9-11-31(21)48-46-25-17-29-27(35(19-25)65(57,58)59)5-3-7-33(29)63(51,52)53)41-38-43-37(40-13-14-50)44-39(45-38)42-24-10-12-32(22(2)16-24)49-47-26-18-30-28(36(20-26)66(60,61)62)6-4-8-34(30)64(54,55)56;;;;/h3-5,7-9,11,15,18-20,22,24,32,34-35,50H,6,10,12-14,16-17H2,1-2H3,(H,51,52,53)(H,54,55,56)(H,57,58,59)(H,60,61,62)(H3,40,41,42,43,44,45);;;;/q;4*+1/p-4. The molecule has 352 valence electrons. The second kappa shape index (κ2) is 25.7. The summed E-state index contributed by atoms with van der Waals surface area (Å²) in [6.45, 7) is 3.55. The van der Waals surface area contributed by atoms with Crippen molar-refractivity contribution in [2.75, 3.05) is 29.1 Å². The van der Waals surface area contributed by atoms with Crippen molar-refractivity contribution in [3.63, 3.8) is 0 Å². The van der Waals surface area contributed by atoms with Crippen molar-refractivity contribution >= 4 is 75.4 Å². The molecule has 23 nitrogen and oxygen atoms in total. The number of azo groups is 2. The van der Waals surface area contributed by atoms with Gasteiger partial charge in [0, 0.05) is 24.7 Å². The number of rotatable bonds is 15. The van der Waals surface area contributed by atoms with Crippen LogP contribution in [0.2, 0.25) is 0 Å². The smallest absolute Gasteiger partial charge is 0.747 e. The van der Waals surface area contributed by atoms with Crippen molar-refractivity contribution in [1.29, 1.82) is 0 Å². The molecule has 0 radical (unpaired) electrons. The van der Waals surface area contributed by atoms with Crippen LogP contribution in [0.4, 0.5) is 34.9 Å². The summed E-state index contributed by atoms with van der Waals surface area (Å²) < 4.78 is 145. The molecule has 1 saturated carbocycles. The minimum absolute atomic E-state index is 0. The van der Waals surface area contributed by atoms with Crippen LogP contribution in [-0.4, -0.2) is 97.2 Å². The Morgan fingerprint density at radius 2 is 1.41 bits per heavy atom. The van der Waals surface area contributed by atoms with E-state index in [1.807, 2.05) is 6.92 Å². The van der Waals surface area contributed by atoms with Gasteiger partial charge < -0.3 is 39.3 Å². The van der Waals surface area contributed by atoms with Gasteiger partial charge in [0.1, 0.15) is 40.5 Å². The summed E-state index contributed by atoms with van der Waals surface area (Å²) in [5, 5.41) is 32.2. The Kier molecular flexibility index (Phi) is 23.0. The van der Waals surface area contributed by atoms with E-state index in [0.717, 1.165) is 24.3 Å². The Hall–Kier alpha value is -1.65. The van der Waals surface area contributed by atoms with Crippen molar-refractivity contribution in [2.45, 2.75) is 78.3 Å². The molecule has 3 aromatic carbocycles. The number of aryl methyl sites for hydroxylation is 1. The van der Waals surface area contributed by atoms with Crippen LogP contribution in [-0.2, 0) is 53.3 Å². The molecule has 3 aliphatic carbocycles. The molecule has 1 aromatic heterocycles. The van der Waals surface area contributed by atoms with E-state index in [1.165, 1.54) is 24.3 Å². The second-order valence-corrected chi connectivity index (χ2v) is 21.4. The van der Waals surface area contributed by atoms with E-state index in [9.17, 15) is 57.0 Å². The quantitative estimate of drug-likeness (QED) is 0.0372. The molecule has 1 fully saturated rings. The van der Waals surface area contributed by atoms with Crippen LogP contribution in [0.25, 0.3) is 0 Å². The molecule has 70 heavy (non-hydrogen) atoms. The summed E-state index contributed by atoms with van der Waals surface area (Å²) in [6.07, 6.45) is 4.82. The minimum Gasteiger partial charge on any atom is -0.747 e. The first kappa shape index (κ1) is 62.6. The molecule has 4 N–H and O–H groups in total. The molecular formula is C39H40N10Na4O13S4. The Labute approximate surface area is 493 Å². The number of nitrogens with zero attached hydrogens (tertiary/aromatic N) is 7. The van der Waals surface area contributed by atoms with Gasteiger partial charge in [0.2, 0.25) is 17.8 Å². The summed E-state index contributed by atoms with van der Waals surface area (Å²) in [7, 11) is -20.0. The van der Waals surface area contributed by atoms with Gasteiger partial charge in [0.15, 0.2) is 0 Å². The molecule has 0 aliphatic heterocycles. The maximum atomic E-state index is 12.2. The van der Waals surface area contributed by atoms with Crippen molar-refractivity contribution in [2.24, 2.45) is 26.4 Å². The number of aliphatic hydroxyl groups excluding tert-OH is 1. The van der Waals surface area contributed by atoms with Crippen LogP contribution in [0.1, 0.15) is 64.5 Å². The summed E-state index contributed by atoms with van der Waals surface area (Å²) in [5.41, 5.74) is 0.807. The van der Waals surface area contributed by atoms with E-state index >= 15 is 0 Å². The number of anilines is 4. The van der Waals surface area contributed by atoms with Gasteiger partial charge in [-0.05, 0) is 109 Å². The molecule has 5 atom stereocenters. The Morgan fingerprint density at radius 3 is 2.04 bits per heavy atom. The molecule has 0 spiro atoms. The maximum absolute atomic E-state index is 12.2. The number of aromatic nitrogens is 3. The molecule has 0 bridgehead atoms.